The van der Waals surface area contributed by atoms with E-state index in [1.54, 1.807) is 0 Å². The van der Waals surface area contributed by atoms with Gasteiger partial charge in [0.2, 0.25) is 0 Å². The lowest BCUT2D eigenvalue weighted by atomic mass is 10.1. The van der Waals surface area contributed by atoms with Crippen molar-refractivity contribution in [2.75, 3.05) is 5.73 Å². The van der Waals surface area contributed by atoms with E-state index < -0.39 is 24.3 Å². The summed E-state index contributed by atoms with van der Waals surface area (Å²) >= 11 is 0. The lowest BCUT2D eigenvalue weighted by molar-refractivity contribution is 0.151. The molecule has 1 rings (SSSR count). The van der Waals surface area contributed by atoms with Gasteiger partial charge in [-0.1, -0.05) is 0 Å². The molecule has 3 N–H and O–H groups in total. The van der Waals surface area contributed by atoms with E-state index >= 15 is 0 Å². The van der Waals surface area contributed by atoms with E-state index in [-0.39, 0.29) is 11.4 Å². The minimum atomic E-state index is -2.84. The maximum absolute atomic E-state index is 12.4. The van der Waals surface area contributed by atoms with E-state index in [0.717, 1.165) is 6.07 Å². The Labute approximate surface area is 78.6 Å². The Balaban J connectivity index is 3.37. The summed E-state index contributed by atoms with van der Waals surface area (Å²) in [5, 5.41) is 17.2. The molecule has 0 amide bonds. The standard InChI is InChI=1S/C8H7F2N3O/c9-8(10)7-5(12)1-4(3-14)13-6(7)2-11/h1,8,14H,3H2,(H2,12,13). The SMILES string of the molecule is N#Cc1nc(CO)cc(N)c1C(F)F. The number of alkyl halides is 2. The second-order valence-corrected chi connectivity index (χ2v) is 2.54. The maximum Gasteiger partial charge on any atom is 0.268 e. The third-order valence-corrected chi connectivity index (χ3v) is 1.63. The van der Waals surface area contributed by atoms with E-state index in [9.17, 15) is 8.78 Å². The summed E-state index contributed by atoms with van der Waals surface area (Å²) < 4.78 is 24.8. The monoisotopic (exact) mass is 199 g/mol. The second-order valence-electron chi connectivity index (χ2n) is 2.54. The number of halogens is 2. The number of rotatable bonds is 2. The Morgan fingerprint density at radius 1 is 1.64 bits per heavy atom. The molecule has 0 bridgehead atoms. The number of nitriles is 1. The van der Waals surface area contributed by atoms with Crippen LogP contribution >= 0.6 is 0 Å². The molecule has 0 aliphatic rings. The van der Waals surface area contributed by atoms with Gasteiger partial charge in [0, 0.05) is 5.69 Å². The van der Waals surface area contributed by atoms with Gasteiger partial charge in [0.15, 0.2) is 5.69 Å². The highest BCUT2D eigenvalue weighted by Gasteiger charge is 2.18. The Hall–Kier alpha value is -1.74. The molecule has 0 unspecified atom stereocenters. The summed E-state index contributed by atoms with van der Waals surface area (Å²) in [5.41, 5.74) is 4.15. The molecule has 0 fully saturated rings. The van der Waals surface area contributed by atoms with E-state index in [1.807, 2.05) is 0 Å². The van der Waals surface area contributed by atoms with Crippen molar-refractivity contribution in [1.82, 2.24) is 4.98 Å². The van der Waals surface area contributed by atoms with Gasteiger partial charge in [0.1, 0.15) is 6.07 Å². The molecule has 0 saturated heterocycles. The van der Waals surface area contributed by atoms with Gasteiger partial charge in [-0.05, 0) is 6.07 Å². The molecule has 1 heterocycles. The van der Waals surface area contributed by atoms with Gasteiger partial charge >= 0.3 is 0 Å². The molecule has 1 aromatic heterocycles. The molecule has 0 aliphatic heterocycles. The maximum atomic E-state index is 12.4. The first-order valence-electron chi connectivity index (χ1n) is 3.68. The van der Waals surface area contributed by atoms with Gasteiger partial charge in [-0.3, -0.25) is 0 Å². The first kappa shape index (κ1) is 10.3. The highest BCUT2D eigenvalue weighted by atomic mass is 19.3. The summed E-state index contributed by atoms with van der Waals surface area (Å²) in [6, 6.07) is 2.64. The number of nitrogen functional groups attached to an aromatic ring is 1. The van der Waals surface area contributed by atoms with Crippen molar-refractivity contribution in [2.45, 2.75) is 13.0 Å². The molecule has 0 radical (unpaired) electrons. The van der Waals surface area contributed by atoms with Crippen LogP contribution in [0.15, 0.2) is 6.07 Å². The smallest absolute Gasteiger partial charge is 0.268 e. The van der Waals surface area contributed by atoms with E-state index in [0.29, 0.717) is 0 Å². The van der Waals surface area contributed by atoms with Crippen LogP contribution in [0.5, 0.6) is 0 Å². The van der Waals surface area contributed by atoms with Crippen LogP contribution in [-0.4, -0.2) is 10.1 Å². The molecule has 0 atom stereocenters. The highest BCUT2D eigenvalue weighted by Crippen LogP contribution is 2.27. The molecular formula is C8H7F2N3O. The highest BCUT2D eigenvalue weighted by molar-refractivity contribution is 5.54. The summed E-state index contributed by atoms with van der Waals surface area (Å²) in [7, 11) is 0. The third-order valence-electron chi connectivity index (χ3n) is 1.63. The summed E-state index contributed by atoms with van der Waals surface area (Å²) in [6.07, 6.45) is -2.84. The Morgan fingerprint density at radius 2 is 2.29 bits per heavy atom. The number of aliphatic hydroxyl groups excluding tert-OH is 1. The number of nitrogens with zero attached hydrogens (tertiary/aromatic N) is 2. The lowest BCUT2D eigenvalue weighted by Gasteiger charge is -2.07. The topological polar surface area (TPSA) is 82.9 Å². The van der Waals surface area contributed by atoms with Crippen LogP contribution in [0.2, 0.25) is 0 Å². The van der Waals surface area contributed by atoms with Crippen LogP contribution < -0.4 is 5.73 Å². The quantitative estimate of drug-likeness (QED) is 0.743. The Morgan fingerprint density at radius 3 is 2.71 bits per heavy atom. The van der Waals surface area contributed by atoms with Crippen LogP contribution in [0.4, 0.5) is 14.5 Å². The number of hydrogen-bond acceptors (Lipinski definition) is 4. The summed E-state index contributed by atoms with van der Waals surface area (Å²) in [6.45, 7) is -0.442. The van der Waals surface area contributed by atoms with Gasteiger partial charge in [0.25, 0.3) is 6.43 Å². The minimum absolute atomic E-state index is 0.100. The zero-order chi connectivity index (χ0) is 10.7. The number of aromatic nitrogens is 1. The molecule has 1 aromatic rings. The number of aliphatic hydroxyl groups is 1. The molecular weight excluding hydrogens is 192 g/mol. The molecule has 14 heavy (non-hydrogen) atoms. The van der Waals surface area contributed by atoms with Crippen molar-refractivity contribution in [3.05, 3.63) is 23.0 Å². The van der Waals surface area contributed by atoms with Gasteiger partial charge in [-0.25, -0.2) is 13.8 Å². The number of anilines is 1. The molecule has 74 valence electrons. The van der Waals surface area contributed by atoms with Gasteiger partial charge in [0.05, 0.1) is 17.9 Å². The van der Waals surface area contributed by atoms with Crippen LogP contribution in [-0.2, 0) is 6.61 Å². The molecule has 0 saturated carbocycles. The van der Waals surface area contributed by atoms with Crippen LogP contribution in [0.1, 0.15) is 23.4 Å². The summed E-state index contributed by atoms with van der Waals surface area (Å²) in [4.78, 5) is 3.52. The first-order chi connectivity index (χ1) is 6.60. The normalized spacial score (nSPS) is 10.2. The van der Waals surface area contributed by atoms with Crippen molar-refractivity contribution >= 4 is 5.69 Å². The van der Waals surface area contributed by atoms with E-state index in [2.05, 4.69) is 4.98 Å². The number of nitrogens with two attached hydrogens (primary N) is 1. The van der Waals surface area contributed by atoms with Gasteiger partial charge in [-0.2, -0.15) is 5.26 Å². The third kappa shape index (κ3) is 1.78. The fourth-order valence-corrected chi connectivity index (χ4v) is 1.03. The number of pyridine rings is 1. The second kappa shape index (κ2) is 3.98. The van der Waals surface area contributed by atoms with Crippen molar-refractivity contribution in [3.8, 4) is 6.07 Å². The van der Waals surface area contributed by atoms with E-state index in [4.69, 9.17) is 16.1 Å². The molecule has 6 heteroatoms. The average molecular weight is 199 g/mol. The Bertz CT molecular complexity index is 387. The zero-order valence-corrected chi connectivity index (χ0v) is 7.04. The number of hydrogen-bond donors (Lipinski definition) is 2. The molecule has 0 aromatic carbocycles. The molecule has 4 nitrogen and oxygen atoms in total. The fraction of sp³-hybridized carbons (Fsp3) is 0.250. The lowest BCUT2D eigenvalue weighted by Crippen LogP contribution is -2.04. The van der Waals surface area contributed by atoms with Crippen molar-refractivity contribution in [3.63, 3.8) is 0 Å². The fourth-order valence-electron chi connectivity index (χ4n) is 1.03. The largest absolute Gasteiger partial charge is 0.398 e. The van der Waals surface area contributed by atoms with Gasteiger partial charge in [-0.15, -0.1) is 0 Å². The molecule has 0 spiro atoms. The van der Waals surface area contributed by atoms with E-state index in [1.165, 1.54) is 6.07 Å². The zero-order valence-electron chi connectivity index (χ0n) is 7.04. The van der Waals surface area contributed by atoms with Crippen LogP contribution in [0.25, 0.3) is 0 Å². The average Bonchev–Trinajstić information content (AvgIpc) is 2.15. The summed E-state index contributed by atoms with van der Waals surface area (Å²) in [5.74, 6) is 0. The first-order valence-corrected chi connectivity index (χ1v) is 3.68. The van der Waals surface area contributed by atoms with Crippen LogP contribution in [0, 0.1) is 11.3 Å². The van der Waals surface area contributed by atoms with Crippen LogP contribution in [0.3, 0.4) is 0 Å². The van der Waals surface area contributed by atoms with Crippen molar-refractivity contribution in [1.29, 1.82) is 5.26 Å². The Kier molecular flexibility index (Phi) is 2.94. The predicted octanol–water partition coefficient (Wildman–Crippen LogP) is 0.965. The molecule has 0 aliphatic carbocycles. The van der Waals surface area contributed by atoms with Crippen molar-refractivity contribution < 1.29 is 13.9 Å². The van der Waals surface area contributed by atoms with Crippen molar-refractivity contribution in [2.24, 2.45) is 0 Å². The van der Waals surface area contributed by atoms with Gasteiger partial charge < -0.3 is 10.8 Å². The predicted molar refractivity (Wildman–Crippen MR) is 44.2 cm³/mol. The minimum Gasteiger partial charge on any atom is -0.398 e.